The van der Waals surface area contributed by atoms with E-state index < -0.39 is 0 Å². The van der Waals surface area contributed by atoms with Crippen molar-refractivity contribution in [3.63, 3.8) is 0 Å². The first kappa shape index (κ1) is 20.8. The van der Waals surface area contributed by atoms with Crippen molar-refractivity contribution in [1.82, 2.24) is 19.8 Å². The van der Waals surface area contributed by atoms with Crippen LogP contribution in [0.2, 0.25) is 0 Å². The van der Waals surface area contributed by atoms with Crippen molar-refractivity contribution in [2.45, 2.75) is 6.42 Å². The van der Waals surface area contributed by atoms with Crippen molar-refractivity contribution in [3.05, 3.63) is 66.5 Å². The van der Waals surface area contributed by atoms with Crippen molar-refractivity contribution in [2.24, 2.45) is 0 Å². The third-order valence-electron chi connectivity index (χ3n) is 5.47. The molecule has 0 unspecified atom stereocenters. The third-order valence-corrected chi connectivity index (χ3v) is 5.47. The Kier molecular flexibility index (Phi) is 6.43. The van der Waals surface area contributed by atoms with Crippen LogP contribution < -0.4 is 10.1 Å². The van der Waals surface area contributed by atoms with E-state index in [1.54, 1.807) is 19.5 Å². The molecule has 2 aromatic carbocycles. The largest absolute Gasteiger partial charge is 0.497 e. The molecule has 0 spiro atoms. The van der Waals surface area contributed by atoms with Gasteiger partial charge in [-0.05, 0) is 42.4 Å². The summed E-state index contributed by atoms with van der Waals surface area (Å²) in [7, 11) is 3.73. The van der Waals surface area contributed by atoms with Gasteiger partial charge in [0.05, 0.1) is 13.5 Å². The minimum Gasteiger partial charge on any atom is -0.497 e. The van der Waals surface area contributed by atoms with Gasteiger partial charge < -0.3 is 19.9 Å². The second-order valence-electron chi connectivity index (χ2n) is 7.71. The molecule has 0 radical (unpaired) electrons. The summed E-state index contributed by atoms with van der Waals surface area (Å²) in [4.78, 5) is 25.7. The first-order valence-electron chi connectivity index (χ1n) is 10.4. The number of aromatic nitrogens is 2. The molecule has 0 aliphatic carbocycles. The number of nitrogens with zero attached hydrogens (tertiary/aromatic N) is 4. The molecule has 2 heterocycles. The van der Waals surface area contributed by atoms with Gasteiger partial charge in [-0.3, -0.25) is 4.79 Å². The van der Waals surface area contributed by atoms with Crippen LogP contribution in [-0.2, 0) is 11.2 Å². The van der Waals surface area contributed by atoms with E-state index in [0.29, 0.717) is 12.4 Å². The molecule has 0 atom stereocenters. The lowest BCUT2D eigenvalue weighted by molar-refractivity contribution is -0.132. The molecule has 0 saturated carbocycles. The van der Waals surface area contributed by atoms with Gasteiger partial charge in [0.1, 0.15) is 5.75 Å². The maximum atomic E-state index is 12.6. The van der Waals surface area contributed by atoms with Crippen LogP contribution in [0.3, 0.4) is 0 Å². The van der Waals surface area contributed by atoms with Crippen molar-refractivity contribution in [2.75, 3.05) is 45.7 Å². The second kappa shape index (κ2) is 9.57. The van der Waals surface area contributed by atoms with Crippen molar-refractivity contribution in [3.8, 4) is 16.9 Å². The predicted molar refractivity (Wildman–Crippen MR) is 122 cm³/mol. The van der Waals surface area contributed by atoms with Gasteiger partial charge in [-0.2, -0.15) is 0 Å². The molecule has 31 heavy (non-hydrogen) atoms. The number of anilines is 2. The Hall–Kier alpha value is -3.45. The van der Waals surface area contributed by atoms with E-state index in [9.17, 15) is 4.79 Å². The van der Waals surface area contributed by atoms with Gasteiger partial charge in [-0.1, -0.05) is 24.3 Å². The quantitative estimate of drug-likeness (QED) is 0.664. The lowest BCUT2D eigenvalue weighted by Crippen LogP contribution is -2.47. The van der Waals surface area contributed by atoms with E-state index in [-0.39, 0.29) is 5.91 Å². The predicted octanol–water partition coefficient (Wildman–Crippen LogP) is 3.21. The van der Waals surface area contributed by atoms with Crippen LogP contribution in [-0.4, -0.2) is 66.0 Å². The Morgan fingerprint density at radius 1 is 1.00 bits per heavy atom. The number of piperazine rings is 1. The highest BCUT2D eigenvalue weighted by Crippen LogP contribution is 2.22. The summed E-state index contributed by atoms with van der Waals surface area (Å²) in [6.45, 7) is 3.44. The van der Waals surface area contributed by atoms with Crippen LogP contribution in [0.15, 0.2) is 60.9 Å². The molecule has 4 rings (SSSR count). The van der Waals surface area contributed by atoms with Gasteiger partial charge in [0.25, 0.3) is 0 Å². The molecule has 0 bridgehead atoms. The molecule has 160 valence electrons. The fraction of sp³-hybridized carbons (Fsp3) is 0.292. The lowest BCUT2D eigenvalue weighted by Gasteiger charge is -2.32. The van der Waals surface area contributed by atoms with Crippen molar-refractivity contribution in [1.29, 1.82) is 0 Å². The number of carbonyl (C=O) groups is 1. The zero-order valence-corrected chi connectivity index (χ0v) is 17.9. The molecular weight excluding hydrogens is 390 g/mol. The fourth-order valence-corrected chi connectivity index (χ4v) is 3.56. The third kappa shape index (κ3) is 5.38. The maximum absolute atomic E-state index is 12.6. The molecule has 1 N–H and O–H groups in total. The molecule has 1 aliphatic rings. The van der Waals surface area contributed by atoms with Gasteiger partial charge in [0.15, 0.2) is 0 Å². The van der Waals surface area contributed by atoms with Gasteiger partial charge in [0, 0.05) is 49.8 Å². The minimum atomic E-state index is 0.172. The maximum Gasteiger partial charge on any atom is 0.227 e. The van der Waals surface area contributed by atoms with Gasteiger partial charge in [-0.15, -0.1) is 0 Å². The Morgan fingerprint density at radius 2 is 1.71 bits per heavy atom. The SMILES string of the molecule is COc1ccc(-c2cnc(Nc3cccc(CC(=O)N4CCN(C)CC4)c3)nc2)cc1. The molecule has 1 aliphatic heterocycles. The number of benzene rings is 2. The van der Waals surface area contributed by atoms with Gasteiger partial charge in [0.2, 0.25) is 11.9 Å². The minimum absolute atomic E-state index is 0.172. The summed E-state index contributed by atoms with van der Waals surface area (Å²) in [6, 6.07) is 15.6. The number of hydrogen-bond acceptors (Lipinski definition) is 6. The highest BCUT2D eigenvalue weighted by atomic mass is 16.5. The number of carbonyl (C=O) groups excluding carboxylic acids is 1. The number of likely N-dealkylation sites (N-methyl/N-ethyl adjacent to an activating group) is 1. The number of nitrogens with one attached hydrogen (secondary N) is 1. The van der Waals surface area contributed by atoms with Crippen LogP contribution in [0.4, 0.5) is 11.6 Å². The summed E-state index contributed by atoms with van der Waals surface area (Å²) >= 11 is 0. The van der Waals surface area contributed by atoms with Gasteiger partial charge in [-0.25, -0.2) is 9.97 Å². The average Bonchev–Trinajstić information content (AvgIpc) is 2.80. The molecule has 7 nitrogen and oxygen atoms in total. The van der Waals surface area contributed by atoms with E-state index >= 15 is 0 Å². The van der Waals surface area contributed by atoms with Crippen LogP contribution in [0.5, 0.6) is 5.75 Å². The second-order valence-corrected chi connectivity index (χ2v) is 7.71. The van der Waals surface area contributed by atoms with E-state index in [1.807, 2.05) is 53.4 Å². The Morgan fingerprint density at radius 3 is 2.39 bits per heavy atom. The first-order valence-corrected chi connectivity index (χ1v) is 10.4. The van der Waals surface area contributed by atoms with E-state index in [1.165, 1.54) is 0 Å². The number of amides is 1. The van der Waals surface area contributed by atoms with E-state index in [4.69, 9.17) is 4.74 Å². The van der Waals surface area contributed by atoms with E-state index in [0.717, 1.165) is 54.3 Å². The van der Waals surface area contributed by atoms with Crippen LogP contribution in [0.1, 0.15) is 5.56 Å². The lowest BCUT2D eigenvalue weighted by atomic mass is 10.1. The smallest absolute Gasteiger partial charge is 0.227 e. The highest BCUT2D eigenvalue weighted by molar-refractivity contribution is 5.79. The van der Waals surface area contributed by atoms with Gasteiger partial charge >= 0.3 is 0 Å². The van der Waals surface area contributed by atoms with Crippen molar-refractivity contribution < 1.29 is 9.53 Å². The number of rotatable bonds is 6. The Bertz CT molecular complexity index is 1010. The van der Waals surface area contributed by atoms with Crippen LogP contribution in [0, 0.1) is 0 Å². The fourth-order valence-electron chi connectivity index (χ4n) is 3.56. The summed E-state index contributed by atoms with van der Waals surface area (Å²) in [5, 5.41) is 3.23. The Labute approximate surface area is 182 Å². The summed E-state index contributed by atoms with van der Waals surface area (Å²) in [6.07, 6.45) is 3.98. The topological polar surface area (TPSA) is 70.6 Å². The number of hydrogen-bond donors (Lipinski definition) is 1. The summed E-state index contributed by atoms with van der Waals surface area (Å²) < 4.78 is 5.20. The molecule has 7 heteroatoms. The average molecular weight is 418 g/mol. The van der Waals surface area contributed by atoms with Crippen molar-refractivity contribution >= 4 is 17.5 Å². The molecule has 1 fully saturated rings. The normalized spacial score (nSPS) is 14.3. The van der Waals surface area contributed by atoms with Crippen LogP contribution >= 0.6 is 0 Å². The number of methoxy groups -OCH3 is 1. The molecular formula is C24H27N5O2. The Balaban J connectivity index is 1.38. The zero-order chi connectivity index (χ0) is 21.6. The highest BCUT2D eigenvalue weighted by Gasteiger charge is 2.19. The standard InChI is InChI=1S/C24H27N5O2/c1-28-10-12-29(13-11-28)23(30)15-18-4-3-5-21(14-18)27-24-25-16-20(17-26-24)19-6-8-22(31-2)9-7-19/h3-9,14,16-17H,10-13,15H2,1-2H3,(H,25,26,27). The molecule has 1 aromatic heterocycles. The number of ether oxygens (including phenoxy) is 1. The molecule has 3 aromatic rings. The monoisotopic (exact) mass is 417 g/mol. The first-order chi connectivity index (χ1) is 15.1. The van der Waals surface area contributed by atoms with E-state index in [2.05, 4.69) is 27.2 Å². The molecule has 1 saturated heterocycles. The summed E-state index contributed by atoms with van der Waals surface area (Å²) in [5.74, 6) is 1.50. The molecule has 1 amide bonds. The van der Waals surface area contributed by atoms with Crippen LogP contribution in [0.25, 0.3) is 11.1 Å². The zero-order valence-electron chi connectivity index (χ0n) is 17.9. The summed E-state index contributed by atoms with van der Waals surface area (Å²) in [5.41, 5.74) is 3.79.